The Balaban J connectivity index is 1.94. The van der Waals surface area contributed by atoms with Gasteiger partial charge in [0.2, 0.25) is 0 Å². The van der Waals surface area contributed by atoms with Crippen molar-refractivity contribution in [1.29, 1.82) is 0 Å². The van der Waals surface area contributed by atoms with Crippen LogP contribution in [-0.4, -0.2) is 18.8 Å². The lowest BCUT2D eigenvalue weighted by atomic mass is 9.97. The van der Waals surface area contributed by atoms with Crippen LogP contribution in [0.4, 0.5) is 0 Å². The predicted molar refractivity (Wildman–Crippen MR) is 82.2 cm³/mol. The standard InChI is InChI=1S/C14H20BrClN2O/c15-11-5-4-10(14(16)8-11)7-12(18-17)9-13-3-1-2-6-19-13/h4-5,8,12-13,18H,1-3,6-7,9,17H2. The number of hydrogen-bond donors (Lipinski definition) is 2. The lowest BCUT2D eigenvalue weighted by Crippen LogP contribution is -2.40. The summed E-state index contributed by atoms with van der Waals surface area (Å²) in [6.07, 6.45) is 5.64. The van der Waals surface area contributed by atoms with Crippen LogP contribution >= 0.6 is 27.5 Å². The van der Waals surface area contributed by atoms with Gasteiger partial charge in [-0.1, -0.05) is 33.6 Å². The van der Waals surface area contributed by atoms with Crippen LogP contribution < -0.4 is 11.3 Å². The maximum atomic E-state index is 6.24. The van der Waals surface area contributed by atoms with Gasteiger partial charge in [0.15, 0.2) is 0 Å². The number of halogens is 2. The zero-order chi connectivity index (χ0) is 13.7. The van der Waals surface area contributed by atoms with E-state index in [0.29, 0.717) is 6.10 Å². The SMILES string of the molecule is NNC(Cc1ccc(Br)cc1Cl)CC1CCCCO1. The summed E-state index contributed by atoms with van der Waals surface area (Å²) in [6, 6.07) is 6.16. The van der Waals surface area contributed by atoms with Gasteiger partial charge in [0, 0.05) is 22.1 Å². The van der Waals surface area contributed by atoms with Crippen LogP contribution in [0.1, 0.15) is 31.2 Å². The second-order valence-corrected chi connectivity index (χ2v) is 6.35. The van der Waals surface area contributed by atoms with Crippen molar-refractivity contribution in [2.24, 2.45) is 5.84 Å². The van der Waals surface area contributed by atoms with Gasteiger partial charge in [-0.05, 0) is 49.8 Å². The second kappa shape index (κ2) is 7.60. The highest BCUT2D eigenvalue weighted by Crippen LogP contribution is 2.24. The van der Waals surface area contributed by atoms with Gasteiger partial charge in [-0.15, -0.1) is 0 Å². The molecule has 1 heterocycles. The molecule has 19 heavy (non-hydrogen) atoms. The smallest absolute Gasteiger partial charge is 0.0590 e. The van der Waals surface area contributed by atoms with Crippen LogP contribution in [0.2, 0.25) is 5.02 Å². The molecule has 0 radical (unpaired) electrons. The van der Waals surface area contributed by atoms with Crippen molar-refractivity contribution < 1.29 is 4.74 Å². The Morgan fingerprint density at radius 2 is 2.32 bits per heavy atom. The van der Waals surface area contributed by atoms with E-state index >= 15 is 0 Å². The minimum atomic E-state index is 0.196. The molecule has 2 rings (SSSR count). The summed E-state index contributed by atoms with van der Waals surface area (Å²) in [5, 5.41) is 0.777. The Kier molecular flexibility index (Phi) is 6.10. The Hall–Kier alpha value is -0.130. The Morgan fingerprint density at radius 3 is 2.95 bits per heavy atom. The van der Waals surface area contributed by atoms with E-state index in [1.165, 1.54) is 12.8 Å². The normalized spacial score (nSPS) is 21.3. The molecule has 0 saturated carbocycles. The highest BCUT2D eigenvalue weighted by molar-refractivity contribution is 9.10. The second-order valence-electron chi connectivity index (χ2n) is 5.03. The molecule has 0 aromatic heterocycles. The average molecular weight is 348 g/mol. The Labute approximate surface area is 127 Å². The fourth-order valence-corrected chi connectivity index (χ4v) is 3.22. The molecule has 1 aliphatic rings. The fourth-order valence-electron chi connectivity index (χ4n) is 2.47. The van der Waals surface area contributed by atoms with Crippen LogP contribution in [0.25, 0.3) is 0 Å². The highest BCUT2D eigenvalue weighted by Gasteiger charge is 2.19. The molecule has 1 aromatic carbocycles. The fraction of sp³-hybridized carbons (Fsp3) is 0.571. The Morgan fingerprint density at radius 1 is 1.47 bits per heavy atom. The first kappa shape index (κ1) is 15.3. The van der Waals surface area contributed by atoms with Crippen molar-refractivity contribution in [3.8, 4) is 0 Å². The average Bonchev–Trinajstić information content (AvgIpc) is 2.42. The number of ether oxygens (including phenoxy) is 1. The van der Waals surface area contributed by atoms with E-state index < -0.39 is 0 Å². The molecule has 0 amide bonds. The molecule has 0 bridgehead atoms. The lowest BCUT2D eigenvalue weighted by molar-refractivity contribution is 0.00524. The summed E-state index contributed by atoms with van der Waals surface area (Å²) in [7, 11) is 0. The van der Waals surface area contributed by atoms with E-state index in [2.05, 4.69) is 21.4 Å². The molecule has 1 fully saturated rings. The summed E-state index contributed by atoms with van der Waals surface area (Å²) in [6.45, 7) is 0.876. The summed E-state index contributed by atoms with van der Waals surface area (Å²) >= 11 is 9.66. The van der Waals surface area contributed by atoms with Gasteiger partial charge >= 0.3 is 0 Å². The molecule has 1 aromatic rings. The quantitative estimate of drug-likeness (QED) is 0.633. The van der Waals surface area contributed by atoms with Gasteiger partial charge in [0.25, 0.3) is 0 Å². The number of benzene rings is 1. The van der Waals surface area contributed by atoms with Gasteiger partial charge in [0.05, 0.1) is 6.10 Å². The van der Waals surface area contributed by atoms with Gasteiger partial charge < -0.3 is 4.74 Å². The van der Waals surface area contributed by atoms with Crippen LogP contribution in [0.3, 0.4) is 0 Å². The molecular formula is C14H20BrClN2O. The summed E-state index contributed by atoms with van der Waals surface area (Å²) in [4.78, 5) is 0. The van der Waals surface area contributed by atoms with Gasteiger partial charge in [-0.3, -0.25) is 11.3 Å². The summed E-state index contributed by atoms with van der Waals surface area (Å²) in [5.74, 6) is 5.66. The Bertz CT molecular complexity index is 410. The molecule has 3 N–H and O–H groups in total. The zero-order valence-corrected chi connectivity index (χ0v) is 13.2. The molecule has 5 heteroatoms. The third kappa shape index (κ3) is 4.72. The largest absolute Gasteiger partial charge is 0.378 e. The molecule has 3 nitrogen and oxygen atoms in total. The molecule has 106 valence electrons. The van der Waals surface area contributed by atoms with Gasteiger partial charge in [-0.25, -0.2) is 0 Å². The van der Waals surface area contributed by atoms with Gasteiger partial charge in [-0.2, -0.15) is 0 Å². The van der Waals surface area contributed by atoms with Crippen molar-refractivity contribution in [1.82, 2.24) is 5.43 Å². The number of hydrogen-bond acceptors (Lipinski definition) is 3. The van der Waals surface area contributed by atoms with Crippen molar-refractivity contribution in [3.05, 3.63) is 33.3 Å². The topological polar surface area (TPSA) is 47.3 Å². The highest BCUT2D eigenvalue weighted by atomic mass is 79.9. The van der Waals surface area contributed by atoms with Crippen molar-refractivity contribution in [2.75, 3.05) is 6.61 Å². The van der Waals surface area contributed by atoms with Crippen molar-refractivity contribution >= 4 is 27.5 Å². The monoisotopic (exact) mass is 346 g/mol. The predicted octanol–water partition coefficient (Wildman–Crippen LogP) is 3.44. The number of hydrazine groups is 1. The first-order valence-electron chi connectivity index (χ1n) is 6.70. The molecule has 1 saturated heterocycles. The van der Waals surface area contributed by atoms with E-state index in [4.69, 9.17) is 22.2 Å². The maximum absolute atomic E-state index is 6.24. The minimum Gasteiger partial charge on any atom is -0.378 e. The summed E-state index contributed by atoms with van der Waals surface area (Å²) in [5.41, 5.74) is 4.00. The molecule has 1 aliphatic heterocycles. The first-order valence-corrected chi connectivity index (χ1v) is 7.88. The van der Waals surface area contributed by atoms with Crippen molar-refractivity contribution in [2.45, 2.75) is 44.2 Å². The maximum Gasteiger partial charge on any atom is 0.0590 e. The lowest BCUT2D eigenvalue weighted by Gasteiger charge is -2.27. The van der Waals surface area contributed by atoms with Crippen molar-refractivity contribution in [3.63, 3.8) is 0 Å². The van der Waals surface area contributed by atoms with Crippen LogP contribution in [0.5, 0.6) is 0 Å². The third-order valence-electron chi connectivity index (χ3n) is 3.54. The van der Waals surface area contributed by atoms with E-state index in [1.54, 1.807) is 0 Å². The van der Waals surface area contributed by atoms with Crippen LogP contribution in [-0.2, 0) is 11.2 Å². The van der Waals surface area contributed by atoms with E-state index in [-0.39, 0.29) is 6.04 Å². The number of nitrogens with two attached hydrogens (primary N) is 1. The number of nitrogens with one attached hydrogen (secondary N) is 1. The molecule has 0 aliphatic carbocycles. The van der Waals surface area contributed by atoms with Gasteiger partial charge in [0.1, 0.15) is 0 Å². The van der Waals surface area contributed by atoms with E-state index in [9.17, 15) is 0 Å². The van der Waals surface area contributed by atoms with E-state index in [1.807, 2.05) is 18.2 Å². The molecule has 0 spiro atoms. The third-order valence-corrected chi connectivity index (χ3v) is 4.38. The first-order chi connectivity index (χ1) is 9.19. The van der Waals surface area contributed by atoms with Crippen LogP contribution in [0, 0.1) is 0 Å². The minimum absolute atomic E-state index is 0.196. The summed E-state index contributed by atoms with van der Waals surface area (Å²) < 4.78 is 6.76. The molecular weight excluding hydrogens is 328 g/mol. The molecule has 2 unspecified atom stereocenters. The molecule has 2 atom stereocenters. The number of rotatable bonds is 5. The zero-order valence-electron chi connectivity index (χ0n) is 10.9. The van der Waals surface area contributed by atoms with Crippen LogP contribution in [0.15, 0.2) is 22.7 Å². The van der Waals surface area contributed by atoms with E-state index in [0.717, 1.165) is 40.9 Å².